The van der Waals surface area contributed by atoms with Crippen LogP contribution in [-0.4, -0.2) is 29.6 Å². The van der Waals surface area contributed by atoms with Crippen LogP contribution in [0, 0.1) is 11.1 Å². The maximum atomic E-state index is 10.6. The van der Waals surface area contributed by atoms with E-state index in [0.29, 0.717) is 0 Å². The molecule has 0 heterocycles. The number of nitrogens with one attached hydrogen (secondary N) is 1. The molecule has 0 aliphatic rings. The van der Waals surface area contributed by atoms with E-state index in [0.717, 1.165) is 7.11 Å². The fourth-order valence-corrected chi connectivity index (χ4v) is 0.656. The molecule has 0 radical (unpaired) electrons. The fraction of sp³-hybridized carbons (Fsp3) is 0.833. The van der Waals surface area contributed by atoms with Gasteiger partial charge in [0.05, 0.1) is 7.11 Å². The average Bonchev–Trinajstić information content (AvgIpc) is 1.98. The summed E-state index contributed by atoms with van der Waals surface area (Å²) in [6.07, 6.45) is 0. The fourth-order valence-electron chi connectivity index (χ4n) is 0.656. The Hall–Kier alpha value is -0.690. The van der Waals surface area contributed by atoms with Gasteiger partial charge in [-0.3, -0.25) is 9.63 Å². The lowest BCUT2D eigenvalue weighted by molar-refractivity contribution is -0.162. The summed E-state index contributed by atoms with van der Waals surface area (Å²) < 4.78 is 0. The smallest absolute Gasteiger partial charge is 0.322 e. The van der Waals surface area contributed by atoms with E-state index in [1.807, 2.05) is 0 Å². The van der Waals surface area contributed by atoms with Crippen molar-refractivity contribution in [3.05, 3.63) is 5.21 Å². The minimum Gasteiger partial charge on any atom is -0.748 e. The van der Waals surface area contributed by atoms with Gasteiger partial charge in [0.15, 0.2) is 0 Å². The molecular formula is C6H13N2O4-. The summed E-state index contributed by atoms with van der Waals surface area (Å²) >= 11 is 0. The van der Waals surface area contributed by atoms with Gasteiger partial charge in [-0.05, 0) is 5.92 Å². The average molecular weight is 177 g/mol. The summed E-state index contributed by atoms with van der Waals surface area (Å²) in [6.45, 7) is 3.38. The van der Waals surface area contributed by atoms with Crippen molar-refractivity contribution in [1.82, 2.24) is 10.8 Å². The molecule has 0 aliphatic heterocycles. The van der Waals surface area contributed by atoms with Gasteiger partial charge in [-0.1, -0.05) is 13.8 Å². The highest BCUT2D eigenvalue weighted by Crippen LogP contribution is 2.01. The Morgan fingerprint density at radius 1 is 1.67 bits per heavy atom. The van der Waals surface area contributed by atoms with Crippen molar-refractivity contribution in [2.75, 3.05) is 7.11 Å². The van der Waals surface area contributed by atoms with Crippen LogP contribution in [0.4, 0.5) is 0 Å². The summed E-state index contributed by atoms with van der Waals surface area (Å²) in [4.78, 5) is 14.7. The second kappa shape index (κ2) is 5.04. The lowest BCUT2D eigenvalue weighted by Crippen LogP contribution is -2.48. The molecule has 0 rings (SSSR count). The largest absolute Gasteiger partial charge is 0.748 e. The number of hydrazine groups is 1. The molecule has 0 aliphatic carbocycles. The lowest BCUT2D eigenvalue weighted by Gasteiger charge is -2.30. The van der Waals surface area contributed by atoms with Crippen molar-refractivity contribution in [3.63, 3.8) is 0 Å². The maximum Gasteiger partial charge on any atom is 0.322 e. The number of rotatable bonds is 5. The van der Waals surface area contributed by atoms with E-state index in [1.54, 1.807) is 13.8 Å². The predicted octanol–water partition coefficient (Wildman–Crippen LogP) is -0.0386. The van der Waals surface area contributed by atoms with Crippen molar-refractivity contribution in [2.45, 2.75) is 19.9 Å². The molecule has 0 aromatic heterocycles. The van der Waals surface area contributed by atoms with E-state index in [4.69, 9.17) is 5.11 Å². The molecule has 72 valence electrons. The Labute approximate surface area is 70.6 Å². The lowest BCUT2D eigenvalue weighted by atomic mass is 10.1. The zero-order valence-electron chi connectivity index (χ0n) is 7.27. The van der Waals surface area contributed by atoms with Crippen LogP contribution in [0.25, 0.3) is 0 Å². The monoisotopic (exact) mass is 177 g/mol. The highest BCUT2D eigenvalue weighted by molar-refractivity contribution is 5.73. The molecule has 12 heavy (non-hydrogen) atoms. The SMILES string of the molecule is CON([O-])N[C@H](C(=O)O)C(C)C. The number of nitrogens with zero attached hydrogens (tertiary/aromatic N) is 1. The summed E-state index contributed by atoms with van der Waals surface area (Å²) in [7, 11) is 1.15. The van der Waals surface area contributed by atoms with Crippen LogP contribution < -0.4 is 5.43 Å². The Balaban J connectivity index is 4.05. The quantitative estimate of drug-likeness (QED) is 0.573. The van der Waals surface area contributed by atoms with Gasteiger partial charge in [-0.25, -0.2) is 5.43 Å². The molecule has 0 saturated heterocycles. The molecule has 0 bridgehead atoms. The van der Waals surface area contributed by atoms with Crippen LogP contribution in [0.3, 0.4) is 0 Å². The minimum absolute atomic E-state index is 0.0266. The molecule has 2 N–H and O–H groups in total. The Morgan fingerprint density at radius 2 is 2.17 bits per heavy atom. The van der Waals surface area contributed by atoms with Gasteiger partial charge in [0.2, 0.25) is 0 Å². The van der Waals surface area contributed by atoms with E-state index in [9.17, 15) is 10.0 Å². The standard InChI is InChI=1S/C6H13N2O4/c1-4(2)5(6(9)10)7-8(11)12-3/h4-5,7H,1-3H3,(H,9,10)/q-1/t5-/m0/s1. The molecule has 0 saturated carbocycles. The van der Waals surface area contributed by atoms with Crippen LogP contribution in [0.1, 0.15) is 13.8 Å². The van der Waals surface area contributed by atoms with Gasteiger partial charge in [0.25, 0.3) is 0 Å². The van der Waals surface area contributed by atoms with Crippen molar-refractivity contribution in [1.29, 1.82) is 0 Å². The number of aliphatic carboxylic acids is 1. The highest BCUT2D eigenvalue weighted by Gasteiger charge is 2.20. The first kappa shape index (κ1) is 11.3. The van der Waals surface area contributed by atoms with Gasteiger partial charge in [-0.15, -0.1) is 0 Å². The van der Waals surface area contributed by atoms with Gasteiger partial charge in [0.1, 0.15) is 6.04 Å². The van der Waals surface area contributed by atoms with Crippen molar-refractivity contribution >= 4 is 5.97 Å². The molecule has 0 aromatic carbocycles. The molecule has 0 unspecified atom stereocenters. The first-order valence-corrected chi connectivity index (χ1v) is 3.49. The number of carboxylic acid groups (broad SMARTS) is 1. The van der Waals surface area contributed by atoms with Gasteiger partial charge in [0, 0.05) is 0 Å². The van der Waals surface area contributed by atoms with Crippen molar-refractivity contribution in [3.8, 4) is 0 Å². The molecular weight excluding hydrogens is 164 g/mol. The zero-order chi connectivity index (χ0) is 9.72. The van der Waals surface area contributed by atoms with Gasteiger partial charge >= 0.3 is 5.97 Å². The zero-order valence-corrected chi connectivity index (χ0v) is 7.27. The number of hydrogen-bond acceptors (Lipinski definition) is 5. The second-order valence-corrected chi connectivity index (χ2v) is 2.63. The first-order valence-electron chi connectivity index (χ1n) is 3.49. The molecule has 0 fully saturated rings. The normalized spacial score (nSPS) is 13.8. The second-order valence-electron chi connectivity index (χ2n) is 2.63. The van der Waals surface area contributed by atoms with E-state index < -0.39 is 12.0 Å². The molecule has 0 aromatic rings. The Bertz CT molecular complexity index is 150. The third kappa shape index (κ3) is 3.63. The molecule has 6 heteroatoms. The summed E-state index contributed by atoms with van der Waals surface area (Å²) in [5.41, 5.74) is 2.12. The molecule has 0 amide bonds. The number of hydrogen-bond donors (Lipinski definition) is 2. The summed E-state index contributed by atoms with van der Waals surface area (Å²) in [5.74, 6) is -1.27. The van der Waals surface area contributed by atoms with Gasteiger partial charge in [-0.2, -0.15) is 5.34 Å². The number of carboxylic acids is 1. The first-order chi connectivity index (χ1) is 5.49. The minimum atomic E-state index is -1.08. The topological polar surface area (TPSA) is 84.9 Å². The van der Waals surface area contributed by atoms with E-state index in [2.05, 4.69) is 10.3 Å². The molecule has 0 spiro atoms. The van der Waals surface area contributed by atoms with Crippen molar-refractivity contribution < 1.29 is 14.7 Å². The van der Waals surface area contributed by atoms with Crippen LogP contribution in [-0.2, 0) is 9.63 Å². The predicted molar refractivity (Wildman–Crippen MR) is 41.6 cm³/mol. The van der Waals surface area contributed by atoms with E-state index in [1.165, 1.54) is 0 Å². The summed E-state index contributed by atoms with van der Waals surface area (Å²) in [5, 5.41) is 19.2. The number of carbonyl (C=O) groups is 1. The van der Waals surface area contributed by atoms with Crippen molar-refractivity contribution in [2.24, 2.45) is 5.92 Å². The molecule has 1 atom stereocenters. The maximum absolute atomic E-state index is 10.6. The van der Waals surface area contributed by atoms with Crippen LogP contribution in [0.2, 0.25) is 0 Å². The highest BCUT2D eigenvalue weighted by atomic mass is 16.9. The van der Waals surface area contributed by atoms with E-state index in [-0.39, 0.29) is 11.3 Å². The summed E-state index contributed by atoms with van der Waals surface area (Å²) in [6, 6.07) is -0.928. The van der Waals surface area contributed by atoms with Crippen LogP contribution in [0.15, 0.2) is 0 Å². The van der Waals surface area contributed by atoms with Gasteiger partial charge < -0.3 is 10.3 Å². The third-order valence-corrected chi connectivity index (χ3v) is 1.34. The third-order valence-electron chi connectivity index (χ3n) is 1.34. The van der Waals surface area contributed by atoms with Crippen LogP contribution >= 0.6 is 0 Å². The Morgan fingerprint density at radius 3 is 2.42 bits per heavy atom. The molecule has 6 nitrogen and oxygen atoms in total. The van der Waals surface area contributed by atoms with E-state index >= 15 is 0 Å². The van der Waals surface area contributed by atoms with Crippen LogP contribution in [0.5, 0.6) is 0 Å². The Kier molecular flexibility index (Phi) is 4.75.